The Hall–Kier alpha value is -1.02. The Kier molecular flexibility index (Phi) is 5.08. The second-order valence-electron chi connectivity index (χ2n) is 2.96. The van der Waals surface area contributed by atoms with Gasteiger partial charge in [-0.15, -0.1) is 0 Å². The summed E-state index contributed by atoms with van der Waals surface area (Å²) in [6, 6.07) is 10.0. The highest BCUT2D eigenvalue weighted by Gasteiger charge is 2.01. The van der Waals surface area contributed by atoms with Gasteiger partial charge in [0.05, 0.1) is 0 Å². The molecule has 0 aliphatic rings. The maximum atomic E-state index is 10.9. The Morgan fingerprint density at radius 2 is 2.00 bits per heavy atom. The molecule has 0 radical (unpaired) electrons. The van der Waals surface area contributed by atoms with E-state index in [1.807, 2.05) is 30.3 Å². The number of ether oxygens (including phenoxy) is 1. The second kappa shape index (κ2) is 6.44. The highest BCUT2D eigenvalue weighted by atomic mass is 35.5. The van der Waals surface area contributed by atoms with Crippen LogP contribution < -0.4 is 0 Å². The lowest BCUT2D eigenvalue weighted by molar-refractivity contribution is -0.141. The molecule has 0 atom stereocenters. The van der Waals surface area contributed by atoms with Gasteiger partial charge in [0, 0.05) is 6.42 Å². The van der Waals surface area contributed by atoms with Crippen LogP contribution in [-0.4, -0.2) is 12.0 Å². The van der Waals surface area contributed by atoms with E-state index in [9.17, 15) is 4.79 Å². The van der Waals surface area contributed by atoms with Crippen LogP contribution in [0.4, 0.5) is 0 Å². The summed E-state index contributed by atoms with van der Waals surface area (Å²) in [6.07, 6.45) is 2.14. The number of carbonyl (C=O) groups excluding carboxylic acids is 1. The van der Waals surface area contributed by atoms with Crippen molar-refractivity contribution in [1.82, 2.24) is 0 Å². The third-order valence-corrected chi connectivity index (χ3v) is 2.01. The number of rotatable bonds is 5. The van der Waals surface area contributed by atoms with Gasteiger partial charge in [-0.25, -0.2) is 0 Å². The molecule has 0 saturated heterocycles. The maximum absolute atomic E-state index is 10.9. The van der Waals surface area contributed by atoms with E-state index in [0.717, 1.165) is 12.8 Å². The first-order chi connectivity index (χ1) is 6.83. The molecule has 3 heteroatoms. The number of halogens is 1. The van der Waals surface area contributed by atoms with Gasteiger partial charge in [-0.05, 0) is 18.4 Å². The topological polar surface area (TPSA) is 26.3 Å². The monoisotopic (exact) mass is 212 g/mol. The molecule has 1 aromatic rings. The quantitative estimate of drug-likeness (QED) is 0.554. The molecule has 0 aliphatic carbocycles. The molecule has 2 nitrogen and oxygen atoms in total. The van der Waals surface area contributed by atoms with Gasteiger partial charge in [-0.3, -0.25) is 4.79 Å². The fraction of sp³-hybridized carbons (Fsp3) is 0.364. The van der Waals surface area contributed by atoms with Crippen LogP contribution in [0.2, 0.25) is 0 Å². The molecular formula is C11H13ClO2. The molecule has 14 heavy (non-hydrogen) atoms. The number of hydrogen-bond donors (Lipinski definition) is 0. The van der Waals surface area contributed by atoms with Crippen molar-refractivity contribution in [2.75, 3.05) is 6.07 Å². The summed E-state index contributed by atoms with van der Waals surface area (Å²) in [5.74, 6) is -0.226. The molecule has 0 aliphatic heterocycles. The molecule has 1 rings (SSSR count). The van der Waals surface area contributed by atoms with Crippen LogP contribution in [0, 0.1) is 0 Å². The summed E-state index contributed by atoms with van der Waals surface area (Å²) in [5.41, 5.74) is 1.24. The van der Waals surface area contributed by atoms with Crippen LogP contribution in [0.3, 0.4) is 0 Å². The first-order valence-corrected chi connectivity index (χ1v) is 5.12. The van der Waals surface area contributed by atoms with Crippen LogP contribution in [0.25, 0.3) is 0 Å². The Morgan fingerprint density at radius 1 is 1.29 bits per heavy atom. The summed E-state index contributed by atoms with van der Waals surface area (Å²) in [7, 11) is 0. The highest BCUT2D eigenvalue weighted by molar-refractivity contribution is 6.17. The summed E-state index contributed by atoms with van der Waals surface area (Å²) < 4.78 is 4.61. The number of aryl methyl sites for hydroxylation is 1. The van der Waals surface area contributed by atoms with Gasteiger partial charge >= 0.3 is 5.97 Å². The Labute approximate surface area is 88.8 Å². The van der Waals surface area contributed by atoms with E-state index < -0.39 is 0 Å². The van der Waals surface area contributed by atoms with Crippen LogP contribution in [0.5, 0.6) is 0 Å². The minimum absolute atomic E-state index is 0.0514. The number of benzene rings is 1. The third kappa shape index (κ3) is 4.28. The van der Waals surface area contributed by atoms with Crippen LogP contribution in [0.15, 0.2) is 30.3 Å². The summed E-state index contributed by atoms with van der Waals surface area (Å²) in [4.78, 5) is 10.9. The van der Waals surface area contributed by atoms with E-state index in [0.29, 0.717) is 6.42 Å². The molecule has 0 bridgehead atoms. The first-order valence-electron chi connectivity index (χ1n) is 4.58. The van der Waals surface area contributed by atoms with Gasteiger partial charge in [-0.2, -0.15) is 0 Å². The number of carbonyl (C=O) groups is 1. The number of hydrogen-bond acceptors (Lipinski definition) is 2. The van der Waals surface area contributed by atoms with E-state index in [1.165, 1.54) is 5.56 Å². The van der Waals surface area contributed by atoms with Gasteiger partial charge in [0.15, 0.2) is 6.07 Å². The van der Waals surface area contributed by atoms with Gasteiger partial charge in [0.2, 0.25) is 0 Å². The average Bonchev–Trinajstić information content (AvgIpc) is 2.20. The normalized spacial score (nSPS) is 9.79. The fourth-order valence-electron chi connectivity index (χ4n) is 1.21. The van der Waals surface area contributed by atoms with Gasteiger partial charge < -0.3 is 4.74 Å². The number of esters is 1. The lowest BCUT2D eigenvalue weighted by atomic mass is 10.1. The molecule has 76 valence electrons. The molecule has 0 spiro atoms. The molecule has 0 amide bonds. The molecule has 1 aromatic carbocycles. The zero-order valence-corrected chi connectivity index (χ0v) is 8.67. The molecule has 0 unspecified atom stereocenters. The molecule has 0 aromatic heterocycles. The van der Waals surface area contributed by atoms with Crippen molar-refractivity contribution in [1.29, 1.82) is 0 Å². The summed E-state index contributed by atoms with van der Waals surface area (Å²) in [6.45, 7) is 0. The second-order valence-corrected chi connectivity index (χ2v) is 3.18. The predicted octanol–water partition coefficient (Wildman–Crippen LogP) is 2.75. The van der Waals surface area contributed by atoms with Crippen LogP contribution in [-0.2, 0) is 16.0 Å². The molecule has 0 N–H and O–H groups in total. The molecule has 0 saturated carbocycles. The lowest BCUT2D eigenvalue weighted by Crippen LogP contribution is -2.02. The Balaban J connectivity index is 2.19. The summed E-state index contributed by atoms with van der Waals surface area (Å²) in [5, 5.41) is 0. The largest absolute Gasteiger partial charge is 0.449 e. The smallest absolute Gasteiger partial charge is 0.306 e. The van der Waals surface area contributed by atoms with Crippen molar-refractivity contribution in [2.45, 2.75) is 19.3 Å². The van der Waals surface area contributed by atoms with E-state index in [1.54, 1.807) is 0 Å². The van der Waals surface area contributed by atoms with Crippen LogP contribution in [0.1, 0.15) is 18.4 Å². The SMILES string of the molecule is O=C(CCCc1ccccc1)OCCl. The van der Waals surface area contributed by atoms with Crippen molar-refractivity contribution in [3.05, 3.63) is 35.9 Å². The Bertz CT molecular complexity index is 272. The predicted molar refractivity (Wildman–Crippen MR) is 56.2 cm³/mol. The van der Waals surface area contributed by atoms with E-state index >= 15 is 0 Å². The van der Waals surface area contributed by atoms with Crippen molar-refractivity contribution in [2.24, 2.45) is 0 Å². The fourth-order valence-corrected chi connectivity index (χ4v) is 1.34. The molecular weight excluding hydrogens is 200 g/mol. The average molecular weight is 213 g/mol. The summed E-state index contributed by atoms with van der Waals surface area (Å²) >= 11 is 5.25. The van der Waals surface area contributed by atoms with Gasteiger partial charge in [0.1, 0.15) is 0 Å². The standard InChI is InChI=1S/C11H13ClO2/c12-9-14-11(13)8-4-7-10-5-2-1-3-6-10/h1-3,5-6H,4,7-9H2. The Morgan fingerprint density at radius 3 is 2.64 bits per heavy atom. The van der Waals surface area contributed by atoms with Crippen LogP contribution >= 0.6 is 11.6 Å². The number of alkyl halides is 1. The third-order valence-electron chi connectivity index (χ3n) is 1.90. The van der Waals surface area contributed by atoms with E-state index in [2.05, 4.69) is 4.74 Å². The molecule has 0 heterocycles. The zero-order valence-electron chi connectivity index (χ0n) is 7.91. The maximum Gasteiger partial charge on any atom is 0.306 e. The lowest BCUT2D eigenvalue weighted by Gasteiger charge is -2.01. The van der Waals surface area contributed by atoms with Crippen molar-refractivity contribution in [3.63, 3.8) is 0 Å². The van der Waals surface area contributed by atoms with E-state index in [4.69, 9.17) is 11.6 Å². The minimum atomic E-state index is -0.226. The zero-order chi connectivity index (χ0) is 10.2. The van der Waals surface area contributed by atoms with Gasteiger partial charge in [0.25, 0.3) is 0 Å². The molecule has 0 fully saturated rings. The first kappa shape index (κ1) is 11.1. The van der Waals surface area contributed by atoms with Gasteiger partial charge in [-0.1, -0.05) is 41.9 Å². The van der Waals surface area contributed by atoms with E-state index in [-0.39, 0.29) is 12.0 Å². The van der Waals surface area contributed by atoms with Crippen molar-refractivity contribution < 1.29 is 9.53 Å². The highest BCUT2D eigenvalue weighted by Crippen LogP contribution is 2.05. The van der Waals surface area contributed by atoms with Crippen molar-refractivity contribution in [3.8, 4) is 0 Å². The van der Waals surface area contributed by atoms with Crippen molar-refractivity contribution >= 4 is 17.6 Å². The minimum Gasteiger partial charge on any atom is -0.449 e.